The molecule has 19 heavy (non-hydrogen) atoms. The third-order valence-electron chi connectivity index (χ3n) is 2.75. The van der Waals surface area contributed by atoms with Crippen LogP contribution in [-0.4, -0.2) is 46.0 Å². The molecule has 0 aliphatic carbocycles. The lowest BCUT2D eigenvalue weighted by molar-refractivity contribution is 0.145. The van der Waals surface area contributed by atoms with Gasteiger partial charge in [-0.2, -0.15) is 0 Å². The van der Waals surface area contributed by atoms with Crippen molar-refractivity contribution in [3.63, 3.8) is 0 Å². The Bertz CT molecular complexity index is 245. The van der Waals surface area contributed by atoms with Crippen LogP contribution in [0.5, 0.6) is 0 Å². The number of nitrogens with two attached hydrogens (primary N) is 1. The molecule has 0 spiro atoms. The van der Waals surface area contributed by atoms with E-state index in [0.717, 1.165) is 39.2 Å². The lowest BCUT2D eigenvalue weighted by Gasteiger charge is -2.22. The van der Waals surface area contributed by atoms with E-state index in [-0.39, 0.29) is 5.41 Å². The summed E-state index contributed by atoms with van der Waals surface area (Å²) in [4.78, 5) is 4.46. The number of guanidine groups is 1. The maximum absolute atomic E-state index is 5.44. The zero-order valence-corrected chi connectivity index (χ0v) is 12.8. The van der Waals surface area contributed by atoms with Crippen molar-refractivity contribution in [1.29, 1.82) is 0 Å². The predicted octanol–water partition coefficient (Wildman–Crippen LogP) is 0.885. The largest absolute Gasteiger partial charge is 0.385 e. The Kier molecular flexibility index (Phi) is 10.5. The molecule has 6 heteroatoms. The number of nitrogens with zero attached hydrogens (tertiary/aromatic N) is 1. The molecule has 0 atom stereocenters. The molecule has 114 valence electrons. The molecule has 0 fully saturated rings. The van der Waals surface area contributed by atoms with Gasteiger partial charge in [0.25, 0.3) is 0 Å². The lowest BCUT2D eigenvalue weighted by atomic mass is 9.90. The summed E-state index contributed by atoms with van der Waals surface area (Å²) in [6, 6.07) is 0. The molecule has 0 aliphatic rings. The fourth-order valence-corrected chi connectivity index (χ4v) is 1.43. The molecule has 4 N–H and O–H groups in total. The number of hydrogen-bond acceptors (Lipinski definition) is 4. The zero-order valence-electron chi connectivity index (χ0n) is 12.8. The van der Waals surface area contributed by atoms with Crippen molar-refractivity contribution < 1.29 is 9.47 Å². The first-order chi connectivity index (χ1) is 9.05. The normalized spacial score (nSPS) is 12.6. The van der Waals surface area contributed by atoms with E-state index in [0.29, 0.717) is 12.5 Å². The van der Waals surface area contributed by atoms with Crippen LogP contribution >= 0.6 is 0 Å². The maximum atomic E-state index is 5.44. The fraction of sp³-hybridized carbons (Fsp3) is 0.923. The Hall–Kier alpha value is -0.850. The summed E-state index contributed by atoms with van der Waals surface area (Å²) < 4.78 is 10.4. The van der Waals surface area contributed by atoms with E-state index in [1.807, 2.05) is 6.92 Å². The van der Waals surface area contributed by atoms with Crippen molar-refractivity contribution in [3.8, 4) is 0 Å². The first-order valence-electron chi connectivity index (χ1n) is 6.87. The average Bonchev–Trinajstić information content (AvgIpc) is 2.39. The minimum Gasteiger partial charge on any atom is -0.385 e. The van der Waals surface area contributed by atoms with Gasteiger partial charge in [0.15, 0.2) is 0 Å². The van der Waals surface area contributed by atoms with Crippen LogP contribution in [0.2, 0.25) is 0 Å². The number of rotatable bonds is 10. The number of hydrazine groups is 1. The molecule has 0 aliphatic heterocycles. The highest BCUT2D eigenvalue weighted by molar-refractivity contribution is 5.79. The van der Waals surface area contributed by atoms with Gasteiger partial charge in [0.1, 0.15) is 0 Å². The van der Waals surface area contributed by atoms with Gasteiger partial charge in [0.05, 0.1) is 0 Å². The van der Waals surface area contributed by atoms with Crippen LogP contribution in [0.1, 0.15) is 33.6 Å². The van der Waals surface area contributed by atoms with Gasteiger partial charge in [-0.3, -0.25) is 10.4 Å². The van der Waals surface area contributed by atoms with Crippen LogP contribution in [0.3, 0.4) is 0 Å². The maximum Gasteiger partial charge on any atom is 0.205 e. The van der Waals surface area contributed by atoms with Crippen molar-refractivity contribution in [2.24, 2.45) is 16.3 Å². The third kappa shape index (κ3) is 10.7. The Morgan fingerprint density at radius 2 is 2.05 bits per heavy atom. The van der Waals surface area contributed by atoms with Gasteiger partial charge in [-0.25, -0.2) is 5.84 Å². The predicted molar refractivity (Wildman–Crippen MR) is 79.0 cm³/mol. The monoisotopic (exact) mass is 274 g/mol. The van der Waals surface area contributed by atoms with E-state index in [1.54, 1.807) is 7.11 Å². The first kappa shape index (κ1) is 18.1. The quantitative estimate of drug-likeness (QED) is 0.181. The molecule has 0 saturated heterocycles. The van der Waals surface area contributed by atoms with Crippen molar-refractivity contribution in [3.05, 3.63) is 0 Å². The number of aliphatic imine (C=N–C) groups is 1. The van der Waals surface area contributed by atoms with E-state index in [9.17, 15) is 0 Å². The molecule has 0 aromatic carbocycles. The van der Waals surface area contributed by atoms with Crippen LogP contribution in [0, 0.1) is 5.41 Å². The van der Waals surface area contributed by atoms with E-state index >= 15 is 0 Å². The molecular formula is C13H30N4O2. The Morgan fingerprint density at radius 1 is 1.32 bits per heavy atom. The Labute approximate surface area is 117 Å². The van der Waals surface area contributed by atoms with Gasteiger partial charge in [0.2, 0.25) is 5.96 Å². The SMILES string of the molecule is CCOCCCNC(=NCC(C)(C)CCOC)NN. The topological polar surface area (TPSA) is 80.9 Å². The van der Waals surface area contributed by atoms with Crippen LogP contribution in [0.25, 0.3) is 0 Å². The minimum absolute atomic E-state index is 0.102. The molecule has 0 radical (unpaired) electrons. The highest BCUT2D eigenvalue weighted by atomic mass is 16.5. The van der Waals surface area contributed by atoms with E-state index < -0.39 is 0 Å². The Balaban J connectivity index is 3.96. The van der Waals surface area contributed by atoms with Crippen LogP contribution in [0.4, 0.5) is 0 Å². The smallest absolute Gasteiger partial charge is 0.205 e. The molecule has 6 nitrogen and oxygen atoms in total. The second-order valence-corrected chi connectivity index (χ2v) is 5.19. The van der Waals surface area contributed by atoms with Crippen molar-refractivity contribution in [2.75, 3.05) is 40.0 Å². The minimum atomic E-state index is 0.102. The molecule has 0 aromatic heterocycles. The highest BCUT2D eigenvalue weighted by Gasteiger charge is 2.17. The highest BCUT2D eigenvalue weighted by Crippen LogP contribution is 2.20. The fourth-order valence-electron chi connectivity index (χ4n) is 1.43. The molecular weight excluding hydrogens is 244 g/mol. The van der Waals surface area contributed by atoms with Crippen molar-refractivity contribution in [1.82, 2.24) is 10.7 Å². The summed E-state index contributed by atoms with van der Waals surface area (Å²) >= 11 is 0. The number of hydrogen-bond donors (Lipinski definition) is 3. The number of methoxy groups -OCH3 is 1. The van der Waals surface area contributed by atoms with Gasteiger partial charge < -0.3 is 14.8 Å². The van der Waals surface area contributed by atoms with Gasteiger partial charge in [-0.05, 0) is 25.2 Å². The average molecular weight is 274 g/mol. The summed E-state index contributed by atoms with van der Waals surface area (Å²) in [6.45, 7) is 10.1. The molecule has 0 unspecified atom stereocenters. The molecule has 0 amide bonds. The van der Waals surface area contributed by atoms with Crippen molar-refractivity contribution in [2.45, 2.75) is 33.6 Å². The van der Waals surface area contributed by atoms with Gasteiger partial charge in [-0.1, -0.05) is 13.8 Å². The second kappa shape index (κ2) is 11.0. The van der Waals surface area contributed by atoms with Gasteiger partial charge in [-0.15, -0.1) is 0 Å². The first-order valence-corrected chi connectivity index (χ1v) is 6.87. The summed E-state index contributed by atoms with van der Waals surface area (Å²) in [5.74, 6) is 6.07. The molecule has 0 heterocycles. The Morgan fingerprint density at radius 3 is 2.63 bits per heavy atom. The number of ether oxygens (including phenoxy) is 2. The van der Waals surface area contributed by atoms with E-state index in [4.69, 9.17) is 15.3 Å². The van der Waals surface area contributed by atoms with E-state index in [1.165, 1.54) is 0 Å². The third-order valence-corrected chi connectivity index (χ3v) is 2.75. The van der Waals surface area contributed by atoms with Gasteiger partial charge in [0, 0.05) is 40.0 Å². The molecule has 0 saturated carbocycles. The zero-order chi connectivity index (χ0) is 14.6. The van der Waals surface area contributed by atoms with Crippen LogP contribution < -0.4 is 16.6 Å². The van der Waals surface area contributed by atoms with Crippen LogP contribution in [-0.2, 0) is 9.47 Å². The molecule has 0 aromatic rings. The van der Waals surface area contributed by atoms with E-state index in [2.05, 4.69) is 29.6 Å². The summed E-state index contributed by atoms with van der Waals surface area (Å²) in [6.07, 6.45) is 1.90. The summed E-state index contributed by atoms with van der Waals surface area (Å²) in [5.41, 5.74) is 2.69. The second-order valence-electron chi connectivity index (χ2n) is 5.19. The lowest BCUT2D eigenvalue weighted by Crippen LogP contribution is -2.42. The molecule has 0 bridgehead atoms. The van der Waals surface area contributed by atoms with Crippen molar-refractivity contribution >= 4 is 5.96 Å². The van der Waals surface area contributed by atoms with Gasteiger partial charge >= 0.3 is 0 Å². The molecule has 0 rings (SSSR count). The summed E-state index contributed by atoms with van der Waals surface area (Å²) in [7, 11) is 1.71. The summed E-state index contributed by atoms with van der Waals surface area (Å²) in [5, 5.41) is 3.16. The number of nitrogens with one attached hydrogen (secondary N) is 2. The standard InChI is InChI=1S/C13H30N4O2/c1-5-19-9-6-8-15-12(17-14)16-11-13(2,3)7-10-18-4/h5-11,14H2,1-4H3,(H2,15,16,17). The van der Waals surface area contributed by atoms with Crippen LogP contribution in [0.15, 0.2) is 4.99 Å².